The molecule has 0 amide bonds. The zero-order valence-electron chi connectivity index (χ0n) is 11.9. The molecule has 2 rings (SSSR count). The van der Waals surface area contributed by atoms with Crippen LogP contribution in [0.15, 0.2) is 0 Å². The van der Waals surface area contributed by atoms with Crippen LogP contribution < -0.4 is 5.32 Å². The molecule has 2 nitrogen and oxygen atoms in total. The van der Waals surface area contributed by atoms with Gasteiger partial charge in [-0.1, -0.05) is 39.5 Å². The van der Waals surface area contributed by atoms with E-state index in [2.05, 4.69) is 31.0 Å². The quantitative estimate of drug-likeness (QED) is 0.744. The number of nitrogens with one attached hydrogen (secondary N) is 1. The second-order valence-electron chi connectivity index (χ2n) is 6.45. The van der Waals surface area contributed by atoms with Crippen LogP contribution >= 0.6 is 0 Å². The molecule has 0 radical (unpaired) electrons. The maximum Gasteiger partial charge on any atom is 0.0218 e. The Kier molecular flexibility index (Phi) is 4.87. The van der Waals surface area contributed by atoms with Crippen LogP contribution in [0.5, 0.6) is 0 Å². The molecule has 1 saturated carbocycles. The van der Waals surface area contributed by atoms with Gasteiger partial charge in [-0.3, -0.25) is 4.90 Å². The first-order valence-electron chi connectivity index (χ1n) is 7.67. The molecule has 0 aromatic rings. The van der Waals surface area contributed by atoms with Crippen molar-refractivity contribution in [2.45, 2.75) is 77.4 Å². The zero-order chi connectivity index (χ0) is 12.3. The van der Waals surface area contributed by atoms with E-state index in [1.807, 2.05) is 0 Å². The van der Waals surface area contributed by atoms with Gasteiger partial charge in [0, 0.05) is 31.2 Å². The highest BCUT2D eigenvalue weighted by Gasteiger charge is 2.31. The van der Waals surface area contributed by atoms with Crippen molar-refractivity contribution in [2.24, 2.45) is 5.92 Å². The lowest BCUT2D eigenvalue weighted by Gasteiger charge is -2.44. The molecule has 0 spiro atoms. The fraction of sp³-hybridized carbons (Fsp3) is 1.00. The minimum atomic E-state index is 0.703. The molecule has 1 aliphatic heterocycles. The third-order valence-corrected chi connectivity index (χ3v) is 4.75. The fourth-order valence-electron chi connectivity index (χ4n) is 3.46. The summed E-state index contributed by atoms with van der Waals surface area (Å²) in [7, 11) is 0. The molecule has 1 aliphatic carbocycles. The van der Waals surface area contributed by atoms with Crippen LogP contribution in [0.2, 0.25) is 0 Å². The van der Waals surface area contributed by atoms with Gasteiger partial charge in [-0.05, 0) is 25.7 Å². The first kappa shape index (κ1) is 13.4. The third-order valence-electron chi connectivity index (χ3n) is 4.75. The van der Waals surface area contributed by atoms with Gasteiger partial charge in [-0.2, -0.15) is 0 Å². The summed E-state index contributed by atoms with van der Waals surface area (Å²) in [6, 6.07) is 2.30. The lowest BCUT2D eigenvalue weighted by molar-refractivity contribution is 0.0704. The standard InChI is InChI=1S/C15H30N2/c1-12(2)15-11-17(13(3)10-16-15)14-8-6-4-5-7-9-14/h12-16H,4-11H2,1-3H3. The van der Waals surface area contributed by atoms with E-state index in [1.165, 1.54) is 51.6 Å². The molecule has 0 aromatic carbocycles. The second kappa shape index (κ2) is 6.19. The predicted molar refractivity (Wildman–Crippen MR) is 74.3 cm³/mol. The summed E-state index contributed by atoms with van der Waals surface area (Å²) in [5, 5.41) is 3.71. The monoisotopic (exact) mass is 238 g/mol. The van der Waals surface area contributed by atoms with Crippen LogP contribution in [0.1, 0.15) is 59.3 Å². The van der Waals surface area contributed by atoms with E-state index in [9.17, 15) is 0 Å². The van der Waals surface area contributed by atoms with Crippen LogP contribution in [0.4, 0.5) is 0 Å². The number of nitrogens with zero attached hydrogens (tertiary/aromatic N) is 1. The lowest BCUT2D eigenvalue weighted by atomic mass is 9.96. The Morgan fingerprint density at radius 2 is 1.71 bits per heavy atom. The van der Waals surface area contributed by atoms with Crippen LogP contribution in [0.3, 0.4) is 0 Å². The van der Waals surface area contributed by atoms with Gasteiger partial charge in [-0.25, -0.2) is 0 Å². The minimum absolute atomic E-state index is 0.703. The van der Waals surface area contributed by atoms with Gasteiger partial charge in [-0.15, -0.1) is 0 Å². The normalized spacial score (nSPS) is 33.9. The molecule has 0 aromatic heterocycles. The molecule has 2 heteroatoms. The predicted octanol–water partition coefficient (Wildman–Crippen LogP) is 3.03. The summed E-state index contributed by atoms with van der Waals surface area (Å²) in [6.45, 7) is 9.54. The summed E-state index contributed by atoms with van der Waals surface area (Å²) in [5.74, 6) is 0.760. The van der Waals surface area contributed by atoms with Gasteiger partial charge < -0.3 is 5.32 Å². The molecule has 1 N–H and O–H groups in total. The van der Waals surface area contributed by atoms with Crippen LogP contribution in [0, 0.1) is 5.92 Å². The van der Waals surface area contributed by atoms with Crippen molar-refractivity contribution in [3.8, 4) is 0 Å². The van der Waals surface area contributed by atoms with Gasteiger partial charge in [0.2, 0.25) is 0 Å². The number of hydrogen-bond acceptors (Lipinski definition) is 2. The van der Waals surface area contributed by atoms with Gasteiger partial charge in [0.05, 0.1) is 0 Å². The molecule has 100 valence electrons. The average molecular weight is 238 g/mol. The van der Waals surface area contributed by atoms with Gasteiger partial charge in [0.25, 0.3) is 0 Å². The third kappa shape index (κ3) is 3.45. The molecule has 2 aliphatic rings. The smallest absolute Gasteiger partial charge is 0.0218 e. The van der Waals surface area contributed by atoms with E-state index < -0.39 is 0 Å². The highest BCUT2D eigenvalue weighted by molar-refractivity contribution is 4.89. The molecule has 17 heavy (non-hydrogen) atoms. The van der Waals surface area contributed by atoms with Gasteiger partial charge in [0.1, 0.15) is 0 Å². The van der Waals surface area contributed by atoms with Gasteiger partial charge in [0.15, 0.2) is 0 Å². The van der Waals surface area contributed by atoms with Crippen molar-refractivity contribution in [2.75, 3.05) is 13.1 Å². The Morgan fingerprint density at radius 1 is 1.06 bits per heavy atom. The van der Waals surface area contributed by atoms with Gasteiger partial charge >= 0.3 is 0 Å². The van der Waals surface area contributed by atoms with Crippen molar-refractivity contribution in [3.05, 3.63) is 0 Å². The maximum atomic E-state index is 3.71. The molecule has 2 atom stereocenters. The molecule has 1 heterocycles. The first-order chi connectivity index (χ1) is 8.18. The topological polar surface area (TPSA) is 15.3 Å². The van der Waals surface area contributed by atoms with E-state index >= 15 is 0 Å². The lowest BCUT2D eigenvalue weighted by Crippen LogP contribution is -2.59. The Labute approximate surface area is 107 Å². The highest BCUT2D eigenvalue weighted by Crippen LogP contribution is 2.25. The zero-order valence-corrected chi connectivity index (χ0v) is 11.9. The van der Waals surface area contributed by atoms with E-state index in [4.69, 9.17) is 0 Å². The van der Waals surface area contributed by atoms with Crippen molar-refractivity contribution < 1.29 is 0 Å². The van der Waals surface area contributed by atoms with Crippen LogP contribution in [-0.4, -0.2) is 36.1 Å². The summed E-state index contributed by atoms with van der Waals surface area (Å²) < 4.78 is 0. The van der Waals surface area contributed by atoms with Crippen LogP contribution in [-0.2, 0) is 0 Å². The van der Waals surface area contributed by atoms with E-state index in [-0.39, 0.29) is 0 Å². The molecule has 2 unspecified atom stereocenters. The second-order valence-corrected chi connectivity index (χ2v) is 6.45. The summed E-state index contributed by atoms with van der Waals surface area (Å²) in [4.78, 5) is 2.81. The summed E-state index contributed by atoms with van der Waals surface area (Å²) >= 11 is 0. The van der Waals surface area contributed by atoms with Crippen molar-refractivity contribution >= 4 is 0 Å². The first-order valence-corrected chi connectivity index (χ1v) is 7.67. The Hall–Kier alpha value is -0.0800. The minimum Gasteiger partial charge on any atom is -0.311 e. The molecular weight excluding hydrogens is 208 g/mol. The Morgan fingerprint density at radius 3 is 2.29 bits per heavy atom. The largest absolute Gasteiger partial charge is 0.311 e. The van der Waals surface area contributed by atoms with Crippen molar-refractivity contribution in [1.82, 2.24) is 10.2 Å². The molecule has 1 saturated heterocycles. The van der Waals surface area contributed by atoms with Crippen molar-refractivity contribution in [3.63, 3.8) is 0 Å². The SMILES string of the molecule is CC(C)C1CN(C2CCCCCC2)C(C)CN1. The number of rotatable bonds is 2. The molecule has 0 bridgehead atoms. The maximum absolute atomic E-state index is 3.71. The molecule has 2 fully saturated rings. The Balaban J connectivity index is 1.95. The molecular formula is C15H30N2. The van der Waals surface area contributed by atoms with Crippen LogP contribution in [0.25, 0.3) is 0 Å². The fourth-order valence-corrected chi connectivity index (χ4v) is 3.46. The Bertz CT molecular complexity index is 219. The summed E-state index contributed by atoms with van der Waals surface area (Å²) in [6.07, 6.45) is 8.71. The highest BCUT2D eigenvalue weighted by atomic mass is 15.3. The summed E-state index contributed by atoms with van der Waals surface area (Å²) in [5.41, 5.74) is 0. The van der Waals surface area contributed by atoms with Crippen molar-refractivity contribution in [1.29, 1.82) is 0 Å². The number of hydrogen-bond donors (Lipinski definition) is 1. The van der Waals surface area contributed by atoms with E-state index in [0.717, 1.165) is 18.0 Å². The average Bonchev–Trinajstić information content (AvgIpc) is 2.58. The number of piperazine rings is 1. The van der Waals surface area contributed by atoms with E-state index in [0.29, 0.717) is 6.04 Å². The van der Waals surface area contributed by atoms with E-state index in [1.54, 1.807) is 0 Å².